The smallest absolute Gasteiger partial charge is 0.343 e. The van der Waals surface area contributed by atoms with Crippen LogP contribution < -0.4 is 5.56 Å². The number of carboxylic acids is 1. The molecule has 0 atom stereocenters. The van der Waals surface area contributed by atoms with Gasteiger partial charge in [0.25, 0.3) is 5.56 Å². The molecule has 6 nitrogen and oxygen atoms in total. The zero-order valence-electron chi connectivity index (χ0n) is 10.4. The van der Waals surface area contributed by atoms with Crippen molar-refractivity contribution in [3.63, 3.8) is 0 Å². The molecule has 19 heavy (non-hydrogen) atoms. The van der Waals surface area contributed by atoms with Gasteiger partial charge in [-0.1, -0.05) is 6.92 Å². The highest BCUT2D eigenvalue weighted by atomic mass is 16.4. The van der Waals surface area contributed by atoms with Crippen LogP contribution in [0.3, 0.4) is 0 Å². The summed E-state index contributed by atoms with van der Waals surface area (Å²) in [4.78, 5) is 31.4. The molecule has 0 saturated heterocycles. The Bertz CT molecular complexity index is 650. The summed E-state index contributed by atoms with van der Waals surface area (Å²) in [7, 11) is 0. The van der Waals surface area contributed by atoms with E-state index in [1.165, 1.54) is 17.1 Å². The molecule has 2 heterocycles. The molecule has 0 aliphatic heterocycles. The van der Waals surface area contributed by atoms with Gasteiger partial charge in [0, 0.05) is 24.5 Å². The van der Waals surface area contributed by atoms with E-state index in [9.17, 15) is 14.7 Å². The maximum Gasteiger partial charge on any atom is 0.343 e. The highest BCUT2D eigenvalue weighted by Crippen LogP contribution is 2.17. The largest absolute Gasteiger partial charge is 0.477 e. The first kappa shape index (κ1) is 12.9. The number of aromatic carboxylic acids is 1. The van der Waals surface area contributed by atoms with Crippen LogP contribution in [-0.4, -0.2) is 25.6 Å². The van der Waals surface area contributed by atoms with Crippen molar-refractivity contribution in [3.05, 3.63) is 46.8 Å². The molecule has 2 rings (SSSR count). The maximum atomic E-state index is 12.1. The average molecular weight is 259 g/mol. The molecule has 0 radical (unpaired) electrons. The Morgan fingerprint density at radius 1 is 1.47 bits per heavy atom. The summed E-state index contributed by atoms with van der Waals surface area (Å²) in [6.07, 6.45) is 5.16. The molecule has 0 unspecified atom stereocenters. The van der Waals surface area contributed by atoms with Crippen molar-refractivity contribution in [2.75, 3.05) is 0 Å². The van der Waals surface area contributed by atoms with Gasteiger partial charge < -0.3 is 5.11 Å². The molecule has 0 spiro atoms. The number of nitrogens with zero attached hydrogens (tertiary/aromatic N) is 3. The normalized spacial score (nSPS) is 10.4. The second kappa shape index (κ2) is 5.43. The van der Waals surface area contributed by atoms with Gasteiger partial charge in [0.1, 0.15) is 0 Å². The van der Waals surface area contributed by atoms with E-state index in [0.717, 1.165) is 6.42 Å². The molecular formula is C13H13N3O3. The Kier molecular flexibility index (Phi) is 3.70. The zero-order valence-corrected chi connectivity index (χ0v) is 10.4. The van der Waals surface area contributed by atoms with Crippen molar-refractivity contribution in [2.45, 2.75) is 19.9 Å². The Labute approximate surface area is 109 Å². The topological polar surface area (TPSA) is 85.1 Å². The summed E-state index contributed by atoms with van der Waals surface area (Å²) < 4.78 is 1.31. The van der Waals surface area contributed by atoms with Crippen LogP contribution in [0.2, 0.25) is 0 Å². The lowest BCUT2D eigenvalue weighted by molar-refractivity contribution is 0.0694. The van der Waals surface area contributed by atoms with Crippen LogP contribution in [0.4, 0.5) is 0 Å². The number of hydrogen-bond donors (Lipinski definition) is 1. The number of aromatic nitrogens is 3. The minimum atomic E-state index is -1.28. The van der Waals surface area contributed by atoms with E-state index >= 15 is 0 Å². The number of rotatable bonds is 4. The zero-order chi connectivity index (χ0) is 13.8. The lowest BCUT2D eigenvalue weighted by Gasteiger charge is -2.08. The molecule has 1 N–H and O–H groups in total. The summed E-state index contributed by atoms with van der Waals surface area (Å²) >= 11 is 0. The molecule has 6 heteroatoms. The van der Waals surface area contributed by atoms with Gasteiger partial charge >= 0.3 is 5.97 Å². The van der Waals surface area contributed by atoms with Gasteiger partial charge in [0.05, 0.1) is 12.0 Å². The van der Waals surface area contributed by atoms with E-state index in [-0.39, 0.29) is 11.3 Å². The van der Waals surface area contributed by atoms with Crippen LogP contribution in [0.5, 0.6) is 0 Å². The molecule has 0 bridgehead atoms. The molecule has 2 aromatic rings. The average Bonchev–Trinajstić information content (AvgIpc) is 2.41. The predicted molar refractivity (Wildman–Crippen MR) is 69.0 cm³/mol. The van der Waals surface area contributed by atoms with Gasteiger partial charge in [-0.15, -0.1) is 0 Å². The third-order valence-electron chi connectivity index (χ3n) is 2.65. The highest BCUT2D eigenvalue weighted by Gasteiger charge is 2.19. The standard InChI is InChI=1S/C13H13N3O3/c1-2-6-16-8-15-11(9-4-3-5-14-7-9)10(12(16)17)13(18)19/h3-5,7-8H,2,6H2,1H3,(H,18,19). The van der Waals surface area contributed by atoms with E-state index in [4.69, 9.17) is 0 Å². The highest BCUT2D eigenvalue weighted by molar-refractivity contribution is 5.94. The quantitative estimate of drug-likeness (QED) is 0.897. The van der Waals surface area contributed by atoms with Crippen molar-refractivity contribution >= 4 is 5.97 Å². The van der Waals surface area contributed by atoms with E-state index in [1.54, 1.807) is 18.3 Å². The molecule has 98 valence electrons. The van der Waals surface area contributed by atoms with Crippen molar-refractivity contribution in [2.24, 2.45) is 0 Å². The number of pyridine rings is 1. The van der Waals surface area contributed by atoms with E-state index in [0.29, 0.717) is 12.1 Å². The SMILES string of the molecule is CCCn1cnc(-c2cccnc2)c(C(=O)O)c1=O. The number of carbonyl (C=O) groups is 1. The van der Waals surface area contributed by atoms with Crippen molar-refractivity contribution in [1.82, 2.24) is 14.5 Å². The van der Waals surface area contributed by atoms with E-state index < -0.39 is 11.5 Å². The van der Waals surface area contributed by atoms with Crippen molar-refractivity contribution in [1.29, 1.82) is 0 Å². The lowest BCUT2D eigenvalue weighted by Crippen LogP contribution is -2.28. The fourth-order valence-electron chi connectivity index (χ4n) is 1.80. The van der Waals surface area contributed by atoms with Gasteiger partial charge in [0.15, 0.2) is 5.56 Å². The molecule has 0 saturated carbocycles. The second-order valence-electron chi connectivity index (χ2n) is 4.01. The van der Waals surface area contributed by atoms with Crippen LogP contribution >= 0.6 is 0 Å². The van der Waals surface area contributed by atoms with Gasteiger partial charge in [-0.25, -0.2) is 9.78 Å². The fourth-order valence-corrected chi connectivity index (χ4v) is 1.80. The summed E-state index contributed by atoms with van der Waals surface area (Å²) in [5, 5.41) is 9.23. The molecule has 0 amide bonds. The van der Waals surface area contributed by atoms with Gasteiger partial charge in [-0.3, -0.25) is 14.3 Å². The number of hydrogen-bond acceptors (Lipinski definition) is 4. The molecule has 0 aromatic carbocycles. The third-order valence-corrected chi connectivity index (χ3v) is 2.65. The maximum absolute atomic E-state index is 12.1. The first-order chi connectivity index (χ1) is 9.15. The van der Waals surface area contributed by atoms with Gasteiger partial charge in [0.2, 0.25) is 0 Å². The third kappa shape index (κ3) is 2.52. The van der Waals surface area contributed by atoms with Crippen LogP contribution in [0.15, 0.2) is 35.6 Å². The minimum Gasteiger partial charge on any atom is -0.477 e. The first-order valence-electron chi connectivity index (χ1n) is 5.88. The van der Waals surface area contributed by atoms with Crippen molar-refractivity contribution in [3.8, 4) is 11.3 Å². The van der Waals surface area contributed by atoms with E-state index in [2.05, 4.69) is 9.97 Å². The molecule has 0 fully saturated rings. The monoisotopic (exact) mass is 259 g/mol. The number of carboxylic acid groups (broad SMARTS) is 1. The summed E-state index contributed by atoms with van der Waals surface area (Å²) in [5.41, 5.74) is -0.189. The second-order valence-corrected chi connectivity index (χ2v) is 4.01. The molecule has 0 aliphatic rings. The first-order valence-corrected chi connectivity index (χ1v) is 5.88. The summed E-state index contributed by atoms with van der Waals surface area (Å²) in [6, 6.07) is 3.34. The molecule has 0 aliphatic carbocycles. The molecular weight excluding hydrogens is 246 g/mol. The van der Waals surface area contributed by atoms with Crippen LogP contribution in [0.25, 0.3) is 11.3 Å². The Morgan fingerprint density at radius 2 is 2.26 bits per heavy atom. The van der Waals surface area contributed by atoms with Gasteiger partial charge in [-0.2, -0.15) is 0 Å². The molecule has 2 aromatic heterocycles. The number of aryl methyl sites for hydroxylation is 1. The predicted octanol–water partition coefficient (Wildman–Crippen LogP) is 1.41. The Hall–Kier alpha value is -2.50. The van der Waals surface area contributed by atoms with Gasteiger partial charge in [-0.05, 0) is 18.6 Å². The van der Waals surface area contributed by atoms with Crippen LogP contribution in [0, 0.1) is 0 Å². The van der Waals surface area contributed by atoms with Crippen molar-refractivity contribution < 1.29 is 9.90 Å². The van der Waals surface area contributed by atoms with E-state index in [1.807, 2.05) is 6.92 Å². The lowest BCUT2D eigenvalue weighted by atomic mass is 10.1. The fraction of sp³-hybridized carbons (Fsp3) is 0.231. The summed E-state index contributed by atoms with van der Waals surface area (Å²) in [5.74, 6) is -1.28. The summed E-state index contributed by atoms with van der Waals surface area (Å²) in [6.45, 7) is 2.35. The minimum absolute atomic E-state index is 0.151. The Balaban J connectivity index is 2.66. The Morgan fingerprint density at radius 3 is 2.84 bits per heavy atom. The van der Waals surface area contributed by atoms with Crippen LogP contribution in [0.1, 0.15) is 23.7 Å². The van der Waals surface area contributed by atoms with Crippen LogP contribution in [-0.2, 0) is 6.54 Å².